The molecule has 0 aliphatic carbocycles. The molecule has 1 aromatic heterocycles. The summed E-state index contributed by atoms with van der Waals surface area (Å²) >= 11 is 12.0. The Morgan fingerprint density at radius 1 is 1.15 bits per heavy atom. The van der Waals surface area contributed by atoms with Crippen molar-refractivity contribution in [2.24, 2.45) is 5.10 Å². The molecule has 0 bridgehead atoms. The molecule has 0 aliphatic rings. The van der Waals surface area contributed by atoms with Crippen LogP contribution in [0.3, 0.4) is 0 Å². The molecule has 0 radical (unpaired) electrons. The molecular formula is C18H11Cl2N3O4. The van der Waals surface area contributed by atoms with Crippen LogP contribution < -0.4 is 5.43 Å². The summed E-state index contributed by atoms with van der Waals surface area (Å²) in [6.07, 6.45) is 1.31. The third-order valence-corrected chi connectivity index (χ3v) is 4.05. The summed E-state index contributed by atoms with van der Waals surface area (Å²) in [7, 11) is 0. The Hall–Kier alpha value is -3.16. The Balaban J connectivity index is 1.68. The summed E-state index contributed by atoms with van der Waals surface area (Å²) in [5.41, 5.74) is 2.90. The van der Waals surface area contributed by atoms with Crippen molar-refractivity contribution in [2.45, 2.75) is 0 Å². The number of hydrogen-bond donors (Lipinski definition) is 1. The van der Waals surface area contributed by atoms with Crippen LogP contribution in [0.5, 0.6) is 0 Å². The van der Waals surface area contributed by atoms with Gasteiger partial charge in [-0.05, 0) is 36.4 Å². The lowest BCUT2D eigenvalue weighted by Gasteiger charge is -2.01. The van der Waals surface area contributed by atoms with Crippen molar-refractivity contribution in [1.29, 1.82) is 0 Å². The third kappa shape index (κ3) is 4.52. The van der Waals surface area contributed by atoms with Crippen molar-refractivity contribution in [3.63, 3.8) is 0 Å². The maximum absolute atomic E-state index is 12.0. The van der Waals surface area contributed by atoms with Crippen LogP contribution in [0, 0.1) is 10.1 Å². The van der Waals surface area contributed by atoms with Gasteiger partial charge in [-0.2, -0.15) is 5.10 Å². The lowest BCUT2D eigenvalue weighted by atomic mass is 10.2. The van der Waals surface area contributed by atoms with Crippen molar-refractivity contribution in [3.8, 4) is 11.3 Å². The molecule has 0 fully saturated rings. The summed E-state index contributed by atoms with van der Waals surface area (Å²) in [5.74, 6) is 0.320. The second-order valence-electron chi connectivity index (χ2n) is 5.33. The maximum atomic E-state index is 12.0. The van der Waals surface area contributed by atoms with Crippen LogP contribution in [-0.2, 0) is 0 Å². The number of nitro groups is 1. The lowest BCUT2D eigenvalue weighted by Crippen LogP contribution is -2.17. The fraction of sp³-hybridized carbons (Fsp3) is 0. The van der Waals surface area contributed by atoms with E-state index in [9.17, 15) is 14.9 Å². The molecule has 1 heterocycles. The van der Waals surface area contributed by atoms with Crippen LogP contribution >= 0.6 is 23.2 Å². The van der Waals surface area contributed by atoms with E-state index in [1.54, 1.807) is 30.3 Å². The van der Waals surface area contributed by atoms with Crippen LogP contribution in [0.4, 0.5) is 5.69 Å². The molecule has 1 N–H and O–H groups in total. The van der Waals surface area contributed by atoms with E-state index in [0.29, 0.717) is 27.1 Å². The second kappa shape index (κ2) is 8.03. The first-order valence-electron chi connectivity index (χ1n) is 7.57. The van der Waals surface area contributed by atoms with Gasteiger partial charge < -0.3 is 4.42 Å². The molecule has 0 unspecified atom stereocenters. The van der Waals surface area contributed by atoms with Gasteiger partial charge in [0, 0.05) is 28.3 Å². The van der Waals surface area contributed by atoms with E-state index in [4.69, 9.17) is 27.6 Å². The van der Waals surface area contributed by atoms with Crippen LogP contribution in [0.2, 0.25) is 10.0 Å². The average molecular weight is 404 g/mol. The Labute approximate surface area is 163 Å². The fourth-order valence-corrected chi connectivity index (χ4v) is 2.74. The molecule has 9 heteroatoms. The van der Waals surface area contributed by atoms with E-state index < -0.39 is 10.8 Å². The molecule has 0 atom stereocenters. The van der Waals surface area contributed by atoms with E-state index in [1.165, 1.54) is 30.5 Å². The van der Waals surface area contributed by atoms with Gasteiger partial charge in [0.1, 0.15) is 11.5 Å². The van der Waals surface area contributed by atoms with Gasteiger partial charge in [-0.3, -0.25) is 14.9 Å². The number of halogens is 2. The number of hydrogen-bond acceptors (Lipinski definition) is 5. The normalized spacial score (nSPS) is 10.9. The van der Waals surface area contributed by atoms with Gasteiger partial charge in [-0.15, -0.1) is 0 Å². The predicted octanol–water partition coefficient (Wildman–Crippen LogP) is 4.93. The highest BCUT2D eigenvalue weighted by molar-refractivity contribution is 6.36. The summed E-state index contributed by atoms with van der Waals surface area (Å²) in [6, 6.07) is 13.7. The first-order chi connectivity index (χ1) is 12.9. The summed E-state index contributed by atoms with van der Waals surface area (Å²) in [4.78, 5) is 22.2. The van der Waals surface area contributed by atoms with Gasteiger partial charge in [0.2, 0.25) is 0 Å². The number of rotatable bonds is 5. The number of amides is 1. The molecule has 0 aliphatic heterocycles. The van der Waals surface area contributed by atoms with E-state index >= 15 is 0 Å². The lowest BCUT2D eigenvalue weighted by molar-refractivity contribution is -0.384. The zero-order chi connectivity index (χ0) is 19.4. The largest absolute Gasteiger partial charge is 0.455 e. The number of nitrogens with one attached hydrogen (secondary N) is 1. The molecule has 7 nitrogen and oxygen atoms in total. The molecule has 3 aromatic rings. The molecule has 0 saturated heterocycles. The highest BCUT2D eigenvalue weighted by atomic mass is 35.5. The van der Waals surface area contributed by atoms with Crippen molar-refractivity contribution < 1.29 is 14.1 Å². The first kappa shape index (κ1) is 18.6. The van der Waals surface area contributed by atoms with Gasteiger partial charge in [-0.1, -0.05) is 29.3 Å². The quantitative estimate of drug-likeness (QED) is 0.371. The highest BCUT2D eigenvalue weighted by Gasteiger charge is 2.11. The smallest absolute Gasteiger partial charge is 0.271 e. The van der Waals surface area contributed by atoms with Gasteiger partial charge >= 0.3 is 0 Å². The predicted molar refractivity (Wildman–Crippen MR) is 102 cm³/mol. The minimum Gasteiger partial charge on any atom is -0.455 e. The third-order valence-electron chi connectivity index (χ3n) is 3.50. The molecule has 0 spiro atoms. The van der Waals surface area contributed by atoms with Crippen molar-refractivity contribution in [3.05, 3.63) is 86.1 Å². The zero-order valence-corrected chi connectivity index (χ0v) is 15.1. The number of nitro benzene ring substituents is 1. The Morgan fingerprint density at radius 3 is 2.70 bits per heavy atom. The molecule has 0 saturated carbocycles. The van der Waals surface area contributed by atoms with Crippen LogP contribution in [0.1, 0.15) is 16.1 Å². The van der Waals surface area contributed by atoms with Crippen LogP contribution in [0.15, 0.2) is 64.1 Å². The Bertz CT molecular complexity index is 1050. The number of non-ortho nitro benzene ring substituents is 1. The molecule has 27 heavy (non-hydrogen) atoms. The molecule has 1 amide bonds. The monoisotopic (exact) mass is 403 g/mol. The van der Waals surface area contributed by atoms with Crippen LogP contribution in [0.25, 0.3) is 11.3 Å². The number of furan rings is 1. The molecule has 136 valence electrons. The Kier molecular flexibility index (Phi) is 5.54. The average Bonchev–Trinajstić information content (AvgIpc) is 3.10. The van der Waals surface area contributed by atoms with Crippen molar-refractivity contribution in [1.82, 2.24) is 5.43 Å². The SMILES string of the molecule is O=C(N/N=C\c1ccc(-c2ccc(Cl)cc2Cl)o1)c1cccc([N+](=O)[O-])c1. The summed E-state index contributed by atoms with van der Waals surface area (Å²) < 4.78 is 5.61. The maximum Gasteiger partial charge on any atom is 0.271 e. The minimum atomic E-state index is -0.581. The van der Waals surface area contributed by atoms with E-state index in [-0.39, 0.29) is 11.3 Å². The summed E-state index contributed by atoms with van der Waals surface area (Å²) in [6.45, 7) is 0. The molecular weight excluding hydrogens is 393 g/mol. The van der Waals surface area contributed by atoms with E-state index in [0.717, 1.165) is 0 Å². The fourth-order valence-electron chi connectivity index (χ4n) is 2.24. The number of nitrogens with zero attached hydrogens (tertiary/aromatic N) is 2. The number of carbonyl (C=O) groups is 1. The first-order valence-corrected chi connectivity index (χ1v) is 8.33. The minimum absolute atomic E-state index is 0.120. The van der Waals surface area contributed by atoms with Gasteiger partial charge in [0.05, 0.1) is 16.2 Å². The Morgan fingerprint density at radius 2 is 1.96 bits per heavy atom. The van der Waals surface area contributed by atoms with Gasteiger partial charge in [0.25, 0.3) is 11.6 Å². The van der Waals surface area contributed by atoms with Gasteiger partial charge in [-0.25, -0.2) is 5.43 Å². The van der Waals surface area contributed by atoms with E-state index in [1.807, 2.05) is 0 Å². The van der Waals surface area contributed by atoms with E-state index in [2.05, 4.69) is 10.5 Å². The van der Waals surface area contributed by atoms with Crippen molar-refractivity contribution >= 4 is 41.0 Å². The number of hydrazone groups is 1. The number of benzene rings is 2. The highest BCUT2D eigenvalue weighted by Crippen LogP contribution is 2.31. The summed E-state index contributed by atoms with van der Waals surface area (Å²) in [5, 5.41) is 15.5. The van der Waals surface area contributed by atoms with Crippen molar-refractivity contribution in [2.75, 3.05) is 0 Å². The van der Waals surface area contributed by atoms with Gasteiger partial charge in [0.15, 0.2) is 0 Å². The standard InChI is InChI=1S/C18H11Cl2N3O4/c19-12-4-6-15(16(20)9-12)17-7-5-14(27-17)10-21-22-18(24)11-2-1-3-13(8-11)23(25)26/h1-10H,(H,22,24)/b21-10-. The molecule has 3 rings (SSSR count). The van der Waals surface area contributed by atoms with Crippen LogP contribution in [-0.4, -0.2) is 17.0 Å². The number of carbonyl (C=O) groups excluding carboxylic acids is 1. The second-order valence-corrected chi connectivity index (χ2v) is 6.18. The molecule has 2 aromatic carbocycles. The topological polar surface area (TPSA) is 97.7 Å². The zero-order valence-electron chi connectivity index (χ0n) is 13.6.